The largest absolute Gasteiger partial charge is 0.549 e. The summed E-state index contributed by atoms with van der Waals surface area (Å²) in [6, 6.07) is 8.95. The molecule has 0 aliphatic heterocycles. The highest BCUT2D eigenvalue weighted by atomic mass is 32.2. The summed E-state index contributed by atoms with van der Waals surface area (Å²) in [5.74, 6) is -0.581. The normalized spacial score (nSPS) is 12.4. The standard InChI is InChI=1S/C14H13N5O2S/c1-2-10(14(20)21)22-12-7-6-11-16-17-13(19(11)18-12)9-5-3-4-8-15-9/h3-8,10H,2H2,1H3,(H,20,21)/p-1. The first kappa shape index (κ1) is 14.5. The molecule has 1 atom stereocenters. The molecular weight excluding hydrogens is 302 g/mol. The highest BCUT2D eigenvalue weighted by Gasteiger charge is 2.14. The number of carbonyl (C=O) groups is 1. The lowest BCUT2D eigenvalue weighted by Gasteiger charge is -2.14. The quantitative estimate of drug-likeness (QED) is 0.643. The molecule has 1 unspecified atom stereocenters. The number of hydrogen-bond donors (Lipinski definition) is 0. The van der Waals surface area contributed by atoms with E-state index in [0.29, 0.717) is 28.6 Å². The van der Waals surface area contributed by atoms with Crippen molar-refractivity contribution >= 4 is 23.4 Å². The average Bonchev–Trinajstić information content (AvgIpc) is 2.96. The van der Waals surface area contributed by atoms with Crippen molar-refractivity contribution in [3.8, 4) is 11.5 Å². The molecule has 0 amide bonds. The predicted molar refractivity (Wildman–Crippen MR) is 79.0 cm³/mol. The van der Waals surface area contributed by atoms with Crippen molar-refractivity contribution in [2.45, 2.75) is 23.6 Å². The zero-order valence-corrected chi connectivity index (χ0v) is 12.5. The Kier molecular flexibility index (Phi) is 4.01. The molecule has 3 aromatic heterocycles. The Morgan fingerprint density at radius 1 is 1.32 bits per heavy atom. The molecule has 0 saturated heterocycles. The zero-order chi connectivity index (χ0) is 15.5. The van der Waals surface area contributed by atoms with E-state index in [1.807, 2.05) is 18.2 Å². The summed E-state index contributed by atoms with van der Waals surface area (Å²) in [5, 5.41) is 23.5. The van der Waals surface area contributed by atoms with Crippen molar-refractivity contribution in [3.05, 3.63) is 36.5 Å². The Morgan fingerprint density at radius 3 is 2.86 bits per heavy atom. The molecule has 0 aliphatic rings. The molecule has 0 radical (unpaired) electrons. The van der Waals surface area contributed by atoms with Gasteiger partial charge in [-0.05, 0) is 30.7 Å². The van der Waals surface area contributed by atoms with E-state index in [0.717, 1.165) is 11.8 Å². The smallest absolute Gasteiger partial charge is 0.203 e. The molecule has 0 bridgehead atoms. The third-order valence-electron chi connectivity index (χ3n) is 3.03. The van der Waals surface area contributed by atoms with Crippen molar-refractivity contribution < 1.29 is 9.90 Å². The van der Waals surface area contributed by atoms with E-state index in [1.165, 1.54) is 0 Å². The van der Waals surface area contributed by atoms with Crippen molar-refractivity contribution in [1.82, 2.24) is 24.8 Å². The van der Waals surface area contributed by atoms with Crippen molar-refractivity contribution in [2.75, 3.05) is 0 Å². The summed E-state index contributed by atoms with van der Waals surface area (Å²) in [6.45, 7) is 1.80. The van der Waals surface area contributed by atoms with Gasteiger partial charge in [0.15, 0.2) is 5.65 Å². The van der Waals surface area contributed by atoms with Crippen molar-refractivity contribution in [3.63, 3.8) is 0 Å². The maximum Gasteiger partial charge on any atom is 0.203 e. The first-order chi connectivity index (χ1) is 10.7. The molecule has 0 saturated carbocycles. The van der Waals surface area contributed by atoms with Crippen LogP contribution in [0.15, 0.2) is 41.6 Å². The minimum absolute atomic E-state index is 0.460. The lowest BCUT2D eigenvalue weighted by Crippen LogP contribution is -2.33. The molecule has 8 heteroatoms. The summed E-state index contributed by atoms with van der Waals surface area (Å²) in [4.78, 5) is 15.3. The van der Waals surface area contributed by atoms with Crippen LogP contribution in [0.4, 0.5) is 0 Å². The number of carboxylic acid groups (broad SMARTS) is 1. The molecule has 3 rings (SSSR count). The van der Waals surface area contributed by atoms with Crippen molar-refractivity contribution in [1.29, 1.82) is 0 Å². The minimum Gasteiger partial charge on any atom is -0.549 e. The third kappa shape index (κ3) is 2.77. The maximum absolute atomic E-state index is 11.0. The Morgan fingerprint density at radius 2 is 2.18 bits per heavy atom. The fourth-order valence-electron chi connectivity index (χ4n) is 1.93. The number of pyridine rings is 1. The van der Waals surface area contributed by atoms with Crippen LogP contribution in [0.1, 0.15) is 13.3 Å². The van der Waals surface area contributed by atoms with Crippen LogP contribution < -0.4 is 5.11 Å². The molecule has 0 aromatic carbocycles. The van der Waals surface area contributed by atoms with E-state index in [2.05, 4.69) is 20.3 Å². The van der Waals surface area contributed by atoms with Crippen LogP contribution in [0, 0.1) is 0 Å². The molecule has 22 heavy (non-hydrogen) atoms. The topological polar surface area (TPSA) is 96.1 Å². The van der Waals surface area contributed by atoms with E-state index >= 15 is 0 Å². The maximum atomic E-state index is 11.0. The highest BCUT2D eigenvalue weighted by molar-refractivity contribution is 8.00. The zero-order valence-electron chi connectivity index (χ0n) is 11.7. The molecular formula is C14H12N5O2S-. The van der Waals surface area contributed by atoms with Gasteiger partial charge in [0, 0.05) is 6.20 Å². The number of aliphatic carboxylic acids is 1. The van der Waals surface area contributed by atoms with Gasteiger partial charge in [-0.1, -0.05) is 24.8 Å². The fraction of sp³-hybridized carbons (Fsp3) is 0.214. The number of rotatable bonds is 5. The number of aromatic nitrogens is 5. The minimum atomic E-state index is -1.09. The van der Waals surface area contributed by atoms with Crippen LogP contribution >= 0.6 is 11.8 Å². The van der Waals surface area contributed by atoms with E-state index < -0.39 is 11.2 Å². The summed E-state index contributed by atoms with van der Waals surface area (Å²) < 4.78 is 1.56. The molecule has 7 nitrogen and oxygen atoms in total. The van der Waals surface area contributed by atoms with Crippen LogP contribution in [0.2, 0.25) is 0 Å². The molecule has 0 fully saturated rings. The fourth-order valence-corrected chi connectivity index (χ4v) is 2.76. The van der Waals surface area contributed by atoms with Crippen LogP contribution in [-0.4, -0.2) is 36.0 Å². The molecule has 3 aromatic rings. The van der Waals surface area contributed by atoms with E-state index in [1.54, 1.807) is 29.8 Å². The molecule has 0 N–H and O–H groups in total. The summed E-state index contributed by atoms with van der Waals surface area (Å²) in [6.07, 6.45) is 2.13. The van der Waals surface area contributed by atoms with Crippen LogP contribution in [0.3, 0.4) is 0 Å². The summed E-state index contributed by atoms with van der Waals surface area (Å²) >= 11 is 1.15. The van der Waals surface area contributed by atoms with E-state index in [4.69, 9.17) is 0 Å². The van der Waals surface area contributed by atoms with Gasteiger partial charge in [0.1, 0.15) is 10.7 Å². The first-order valence-corrected chi connectivity index (χ1v) is 7.58. The number of fused-ring (bicyclic) bond motifs is 1. The molecule has 0 aliphatic carbocycles. The van der Waals surface area contributed by atoms with Gasteiger partial charge in [-0.25, -0.2) is 0 Å². The molecule has 3 heterocycles. The highest BCUT2D eigenvalue weighted by Crippen LogP contribution is 2.24. The van der Waals surface area contributed by atoms with E-state index in [9.17, 15) is 9.90 Å². The Labute approximate surface area is 130 Å². The van der Waals surface area contributed by atoms with Gasteiger partial charge < -0.3 is 9.90 Å². The number of thioether (sulfide) groups is 1. The Balaban J connectivity index is 2.00. The predicted octanol–water partition coefficient (Wildman–Crippen LogP) is 0.807. The molecule has 112 valence electrons. The first-order valence-electron chi connectivity index (χ1n) is 6.70. The SMILES string of the molecule is CCC(Sc1ccc2nnc(-c3ccccn3)n2n1)C(=O)[O-]. The van der Waals surface area contributed by atoms with Gasteiger partial charge in [0.25, 0.3) is 0 Å². The second-order valence-corrected chi connectivity index (χ2v) is 5.74. The number of carbonyl (C=O) groups excluding carboxylic acids is 1. The summed E-state index contributed by atoms with van der Waals surface area (Å²) in [7, 11) is 0. The second-order valence-electron chi connectivity index (χ2n) is 4.51. The second kappa shape index (κ2) is 6.10. The Hall–Kier alpha value is -2.48. The van der Waals surface area contributed by atoms with Crippen LogP contribution in [0.5, 0.6) is 0 Å². The van der Waals surface area contributed by atoms with Gasteiger partial charge in [0.05, 0.1) is 11.2 Å². The summed E-state index contributed by atoms with van der Waals surface area (Å²) in [5.41, 5.74) is 1.23. The van der Waals surface area contributed by atoms with Crippen LogP contribution in [-0.2, 0) is 4.79 Å². The average molecular weight is 314 g/mol. The van der Waals surface area contributed by atoms with Crippen molar-refractivity contribution in [2.24, 2.45) is 0 Å². The van der Waals surface area contributed by atoms with E-state index in [-0.39, 0.29) is 0 Å². The lowest BCUT2D eigenvalue weighted by molar-refractivity contribution is -0.304. The third-order valence-corrected chi connectivity index (χ3v) is 4.30. The number of carboxylic acids is 1. The lowest BCUT2D eigenvalue weighted by atomic mass is 10.3. The number of hydrogen-bond acceptors (Lipinski definition) is 7. The van der Waals surface area contributed by atoms with Gasteiger partial charge >= 0.3 is 0 Å². The van der Waals surface area contributed by atoms with Gasteiger partial charge in [-0.15, -0.1) is 10.2 Å². The van der Waals surface area contributed by atoms with Gasteiger partial charge in [0.2, 0.25) is 5.82 Å². The molecule has 0 spiro atoms. The van der Waals surface area contributed by atoms with Gasteiger partial charge in [-0.2, -0.15) is 9.61 Å². The Bertz CT molecular complexity index is 805. The van der Waals surface area contributed by atoms with Gasteiger partial charge in [-0.3, -0.25) is 4.98 Å². The monoisotopic (exact) mass is 314 g/mol. The number of nitrogens with zero attached hydrogens (tertiary/aromatic N) is 5. The van der Waals surface area contributed by atoms with Crippen LogP contribution in [0.25, 0.3) is 17.2 Å².